The molecule has 1 aromatic carbocycles. The van der Waals surface area contributed by atoms with Crippen molar-refractivity contribution in [2.75, 3.05) is 19.9 Å². The van der Waals surface area contributed by atoms with E-state index in [1.807, 2.05) is 29.2 Å². The molecular formula is C22H29N3O4S. The Morgan fingerprint density at radius 1 is 1.17 bits per heavy atom. The third-order valence-corrected chi connectivity index (χ3v) is 7.76. The van der Waals surface area contributed by atoms with E-state index in [0.29, 0.717) is 12.2 Å². The lowest BCUT2D eigenvalue weighted by Crippen LogP contribution is -2.49. The molecule has 2 fully saturated rings. The van der Waals surface area contributed by atoms with Crippen LogP contribution in [-0.4, -0.2) is 49.3 Å². The highest BCUT2D eigenvalue weighted by Crippen LogP contribution is 2.46. The van der Waals surface area contributed by atoms with E-state index in [-0.39, 0.29) is 16.8 Å². The van der Waals surface area contributed by atoms with Gasteiger partial charge in [0.15, 0.2) is 9.84 Å². The molecule has 1 saturated heterocycles. The molecule has 1 aliphatic carbocycles. The Balaban J connectivity index is 1.72. The van der Waals surface area contributed by atoms with Crippen molar-refractivity contribution in [1.82, 2.24) is 15.1 Å². The number of carbonyl (C=O) groups is 1. The van der Waals surface area contributed by atoms with E-state index >= 15 is 0 Å². The van der Waals surface area contributed by atoms with Gasteiger partial charge in [0.2, 0.25) is 5.91 Å². The molecule has 8 heteroatoms. The van der Waals surface area contributed by atoms with Crippen molar-refractivity contribution in [1.29, 1.82) is 0 Å². The van der Waals surface area contributed by atoms with Crippen LogP contribution < -0.4 is 4.74 Å². The number of nitrogens with one attached hydrogen (secondary N) is 1. The molecule has 0 radical (unpaired) electrons. The average molecular weight is 432 g/mol. The number of rotatable bonds is 5. The Kier molecular flexibility index (Phi) is 5.61. The van der Waals surface area contributed by atoms with E-state index in [1.54, 1.807) is 7.11 Å². The third kappa shape index (κ3) is 3.62. The van der Waals surface area contributed by atoms with E-state index in [4.69, 9.17) is 4.74 Å². The van der Waals surface area contributed by atoms with Crippen LogP contribution in [0.3, 0.4) is 0 Å². The minimum absolute atomic E-state index is 0.101. The molecule has 1 aliphatic heterocycles. The minimum atomic E-state index is -3.43. The monoisotopic (exact) mass is 431 g/mol. The maximum atomic E-state index is 14.1. The van der Waals surface area contributed by atoms with Crippen LogP contribution in [-0.2, 0) is 20.0 Å². The predicted octanol–water partition coefficient (Wildman–Crippen LogP) is 3.39. The number of benzene rings is 1. The van der Waals surface area contributed by atoms with Crippen molar-refractivity contribution in [3.8, 4) is 5.75 Å². The second kappa shape index (κ2) is 8.06. The van der Waals surface area contributed by atoms with Crippen molar-refractivity contribution < 1.29 is 17.9 Å². The quantitative estimate of drug-likeness (QED) is 0.783. The van der Waals surface area contributed by atoms with Gasteiger partial charge in [-0.1, -0.05) is 25.0 Å². The van der Waals surface area contributed by atoms with Crippen molar-refractivity contribution >= 4 is 15.7 Å². The second-order valence-corrected chi connectivity index (χ2v) is 10.4. The van der Waals surface area contributed by atoms with E-state index in [2.05, 4.69) is 10.2 Å². The summed E-state index contributed by atoms with van der Waals surface area (Å²) in [6, 6.07) is 7.52. The highest BCUT2D eigenvalue weighted by Gasteiger charge is 2.47. The smallest absolute Gasteiger partial charge is 0.233 e. The van der Waals surface area contributed by atoms with Gasteiger partial charge in [0.1, 0.15) is 10.6 Å². The SMILES string of the molecule is COc1ccc(C2(C(=O)N3CCCC[C@H]3c3[nH]ncc3S(C)(=O)=O)CCCC2)cc1. The van der Waals surface area contributed by atoms with Gasteiger partial charge in [-0.15, -0.1) is 0 Å². The Morgan fingerprint density at radius 2 is 1.87 bits per heavy atom. The summed E-state index contributed by atoms with van der Waals surface area (Å²) in [6.07, 6.45) is 8.78. The summed E-state index contributed by atoms with van der Waals surface area (Å²) in [6.45, 7) is 0.629. The van der Waals surface area contributed by atoms with Crippen LogP contribution >= 0.6 is 0 Å². The topological polar surface area (TPSA) is 92.4 Å². The summed E-state index contributed by atoms with van der Waals surface area (Å²) in [5.74, 6) is 0.870. The first kappa shape index (κ1) is 20.9. The lowest BCUT2D eigenvalue weighted by molar-refractivity contribution is -0.141. The van der Waals surface area contributed by atoms with Crippen LogP contribution in [0, 0.1) is 0 Å². The first-order chi connectivity index (χ1) is 14.4. The van der Waals surface area contributed by atoms with Crippen molar-refractivity contribution in [2.45, 2.75) is 61.3 Å². The first-order valence-electron chi connectivity index (χ1n) is 10.6. The Labute approximate surface area is 177 Å². The fraction of sp³-hybridized carbons (Fsp3) is 0.545. The fourth-order valence-corrected chi connectivity index (χ4v) is 5.91. The highest BCUT2D eigenvalue weighted by molar-refractivity contribution is 7.90. The zero-order valence-electron chi connectivity index (χ0n) is 17.6. The summed E-state index contributed by atoms with van der Waals surface area (Å²) in [5.41, 5.74) is 0.990. The zero-order chi connectivity index (χ0) is 21.4. The van der Waals surface area contributed by atoms with E-state index in [1.165, 1.54) is 12.5 Å². The number of aromatic amines is 1. The van der Waals surface area contributed by atoms with Gasteiger partial charge in [-0.2, -0.15) is 5.10 Å². The standard InChI is InChI=1S/C22H29N3O4S/c1-29-17-10-8-16(9-11-17)22(12-4-5-13-22)21(26)25-14-6-3-7-18(25)20-19(15-23-24-20)30(2,27)28/h8-11,15,18H,3-7,12-14H2,1-2H3,(H,23,24)/t18-/m0/s1. The molecule has 30 heavy (non-hydrogen) atoms. The number of likely N-dealkylation sites (tertiary alicyclic amines) is 1. The molecule has 162 valence electrons. The molecule has 4 rings (SSSR count). The largest absolute Gasteiger partial charge is 0.497 e. The van der Waals surface area contributed by atoms with E-state index in [0.717, 1.165) is 56.3 Å². The Bertz CT molecular complexity index is 1010. The molecule has 2 aliphatic rings. The van der Waals surface area contributed by atoms with Gasteiger partial charge < -0.3 is 9.64 Å². The summed E-state index contributed by atoms with van der Waals surface area (Å²) in [5, 5.41) is 6.88. The molecule has 0 spiro atoms. The van der Waals surface area contributed by atoms with Gasteiger partial charge in [-0.05, 0) is 49.8 Å². The molecule has 0 bridgehead atoms. The van der Waals surface area contributed by atoms with Crippen molar-refractivity contribution in [2.24, 2.45) is 0 Å². The number of ether oxygens (including phenoxy) is 1. The fourth-order valence-electron chi connectivity index (χ4n) is 5.08. The van der Waals surface area contributed by atoms with Crippen LogP contribution in [0.15, 0.2) is 35.4 Å². The van der Waals surface area contributed by atoms with Gasteiger partial charge in [-0.25, -0.2) is 8.42 Å². The van der Waals surface area contributed by atoms with Gasteiger partial charge in [0, 0.05) is 12.8 Å². The normalized spacial score (nSPS) is 21.5. The molecule has 1 aromatic heterocycles. The van der Waals surface area contributed by atoms with Crippen molar-refractivity contribution in [3.63, 3.8) is 0 Å². The summed E-state index contributed by atoms with van der Waals surface area (Å²) in [4.78, 5) is 16.2. The number of piperidine rings is 1. The van der Waals surface area contributed by atoms with Crippen molar-refractivity contribution in [3.05, 3.63) is 41.7 Å². The number of hydrogen-bond acceptors (Lipinski definition) is 5. The zero-order valence-corrected chi connectivity index (χ0v) is 18.4. The summed E-state index contributed by atoms with van der Waals surface area (Å²) >= 11 is 0. The van der Waals surface area contributed by atoms with Gasteiger partial charge in [-0.3, -0.25) is 9.89 Å². The molecule has 1 atom stereocenters. The minimum Gasteiger partial charge on any atom is -0.497 e. The number of sulfone groups is 1. The molecule has 7 nitrogen and oxygen atoms in total. The summed E-state index contributed by atoms with van der Waals surface area (Å²) in [7, 11) is -1.80. The highest BCUT2D eigenvalue weighted by atomic mass is 32.2. The van der Waals surface area contributed by atoms with Crippen LogP contribution in [0.2, 0.25) is 0 Å². The lowest BCUT2D eigenvalue weighted by Gasteiger charge is -2.41. The maximum Gasteiger partial charge on any atom is 0.233 e. The number of amides is 1. The Morgan fingerprint density at radius 3 is 2.50 bits per heavy atom. The Hall–Kier alpha value is -2.35. The van der Waals surface area contributed by atoms with Crippen LogP contribution in [0.25, 0.3) is 0 Å². The molecule has 1 N–H and O–H groups in total. The predicted molar refractivity (Wildman–Crippen MR) is 113 cm³/mol. The molecule has 1 saturated carbocycles. The number of aromatic nitrogens is 2. The van der Waals surface area contributed by atoms with Crippen LogP contribution in [0.5, 0.6) is 5.75 Å². The first-order valence-corrected chi connectivity index (χ1v) is 12.4. The average Bonchev–Trinajstić information content (AvgIpc) is 3.44. The molecule has 1 amide bonds. The van der Waals surface area contributed by atoms with Crippen LogP contribution in [0.1, 0.15) is 62.2 Å². The molecule has 2 heterocycles. The number of nitrogens with zero attached hydrogens (tertiary/aromatic N) is 2. The van der Waals surface area contributed by atoms with Crippen LogP contribution in [0.4, 0.5) is 0 Å². The van der Waals surface area contributed by atoms with Gasteiger partial charge in [0.25, 0.3) is 0 Å². The van der Waals surface area contributed by atoms with E-state index < -0.39 is 15.3 Å². The molecular weight excluding hydrogens is 402 g/mol. The number of hydrogen-bond donors (Lipinski definition) is 1. The molecule has 0 unspecified atom stereocenters. The molecule has 2 aromatic rings. The van der Waals surface area contributed by atoms with Gasteiger partial charge >= 0.3 is 0 Å². The van der Waals surface area contributed by atoms with E-state index in [9.17, 15) is 13.2 Å². The maximum absolute atomic E-state index is 14.1. The number of carbonyl (C=O) groups excluding carboxylic acids is 1. The number of methoxy groups -OCH3 is 1. The third-order valence-electron chi connectivity index (χ3n) is 6.64. The second-order valence-electron chi connectivity index (χ2n) is 8.45. The lowest BCUT2D eigenvalue weighted by atomic mass is 9.76. The van der Waals surface area contributed by atoms with Gasteiger partial charge in [0.05, 0.1) is 30.5 Å². The summed E-state index contributed by atoms with van der Waals surface area (Å²) < 4.78 is 29.8. The number of H-pyrrole nitrogens is 1.